The molecule has 0 unspecified atom stereocenters. The van der Waals surface area contributed by atoms with Gasteiger partial charge < -0.3 is 0 Å². The summed E-state index contributed by atoms with van der Waals surface area (Å²) in [7, 11) is 0. The van der Waals surface area contributed by atoms with Crippen LogP contribution in [0, 0.1) is 6.92 Å². The van der Waals surface area contributed by atoms with Crippen LogP contribution in [-0.2, 0) is 0 Å². The van der Waals surface area contributed by atoms with Crippen LogP contribution in [0.15, 0.2) is 48.5 Å². The lowest BCUT2D eigenvalue weighted by molar-refractivity contribution is 1.11. The fourth-order valence-corrected chi connectivity index (χ4v) is 4.64. The quantitative estimate of drug-likeness (QED) is 0.386. The highest BCUT2D eigenvalue weighted by Crippen LogP contribution is 2.60. The van der Waals surface area contributed by atoms with Crippen LogP contribution in [-0.4, -0.2) is 5.25 Å². The summed E-state index contributed by atoms with van der Waals surface area (Å²) in [4.78, 5) is 0. The zero-order valence-corrected chi connectivity index (χ0v) is 12.1. The molecule has 0 saturated carbocycles. The second-order valence-corrected chi connectivity index (χ2v) is 7.09. The molecule has 2 atom stereocenters. The molecule has 0 aromatic heterocycles. The molecule has 0 amide bonds. The second kappa shape index (κ2) is 3.67. The number of rotatable bonds is 0. The van der Waals surface area contributed by atoms with E-state index in [1.807, 2.05) is 0 Å². The summed E-state index contributed by atoms with van der Waals surface area (Å²) in [5.74, 6) is 0. The van der Waals surface area contributed by atoms with Crippen molar-refractivity contribution in [2.24, 2.45) is 0 Å². The van der Waals surface area contributed by atoms with Crippen molar-refractivity contribution < 1.29 is 0 Å². The van der Waals surface area contributed by atoms with Crippen LogP contribution in [0.4, 0.5) is 0 Å². The fourth-order valence-electron chi connectivity index (χ4n) is 3.61. The molecule has 0 spiro atoms. The van der Waals surface area contributed by atoms with E-state index in [0.29, 0.717) is 5.25 Å². The first-order chi connectivity index (χ1) is 9.83. The van der Waals surface area contributed by atoms with Crippen molar-refractivity contribution in [3.05, 3.63) is 65.2 Å². The number of hydrogen-bond donors (Lipinski definition) is 0. The van der Waals surface area contributed by atoms with E-state index in [0.717, 1.165) is 5.25 Å². The van der Waals surface area contributed by atoms with Crippen molar-refractivity contribution in [3.63, 3.8) is 0 Å². The van der Waals surface area contributed by atoms with Crippen LogP contribution >= 0.6 is 11.8 Å². The molecule has 2 aliphatic rings. The second-order valence-electron chi connectivity index (χ2n) is 5.77. The molecule has 20 heavy (non-hydrogen) atoms. The van der Waals surface area contributed by atoms with Crippen LogP contribution in [0.2, 0.25) is 0 Å². The van der Waals surface area contributed by atoms with Gasteiger partial charge in [0.15, 0.2) is 0 Å². The average molecular weight is 274 g/mol. The van der Waals surface area contributed by atoms with Gasteiger partial charge in [0.25, 0.3) is 0 Å². The molecule has 1 heterocycles. The van der Waals surface area contributed by atoms with Crippen molar-refractivity contribution in [1.29, 1.82) is 0 Å². The van der Waals surface area contributed by atoms with Crippen molar-refractivity contribution in [1.82, 2.24) is 0 Å². The van der Waals surface area contributed by atoms with Gasteiger partial charge in [-0.2, -0.15) is 0 Å². The van der Waals surface area contributed by atoms with Gasteiger partial charge in [0.05, 0.1) is 0 Å². The van der Waals surface area contributed by atoms with Gasteiger partial charge >= 0.3 is 0 Å². The molecule has 0 radical (unpaired) electrons. The van der Waals surface area contributed by atoms with Gasteiger partial charge in [0.2, 0.25) is 0 Å². The zero-order chi connectivity index (χ0) is 13.3. The molecule has 0 bridgehead atoms. The predicted molar refractivity (Wildman–Crippen MR) is 89.3 cm³/mol. The van der Waals surface area contributed by atoms with E-state index in [-0.39, 0.29) is 0 Å². The topological polar surface area (TPSA) is 0 Å². The lowest BCUT2D eigenvalue weighted by Crippen LogP contribution is -1.98. The largest absolute Gasteiger partial charge is 0.143 e. The van der Waals surface area contributed by atoms with Crippen molar-refractivity contribution in [2.45, 2.75) is 17.4 Å². The average Bonchev–Trinajstić information content (AvgIpc) is 3.26. The number of hydrogen-bond acceptors (Lipinski definition) is 1. The minimum absolute atomic E-state index is 0.693. The Kier molecular flexibility index (Phi) is 2.02. The third kappa shape index (κ3) is 1.34. The van der Waals surface area contributed by atoms with E-state index in [1.165, 1.54) is 32.7 Å². The molecule has 0 nitrogen and oxygen atoms in total. The summed E-state index contributed by atoms with van der Waals surface area (Å²) in [5, 5.41) is 7.04. The van der Waals surface area contributed by atoms with E-state index in [2.05, 4.69) is 73.3 Å². The van der Waals surface area contributed by atoms with Crippen LogP contribution < -0.4 is 0 Å². The maximum absolute atomic E-state index is 2.36. The zero-order valence-electron chi connectivity index (χ0n) is 11.3. The van der Waals surface area contributed by atoms with E-state index < -0.39 is 0 Å². The third-order valence-corrected chi connectivity index (χ3v) is 5.89. The Morgan fingerprint density at radius 2 is 1.90 bits per heavy atom. The van der Waals surface area contributed by atoms with Crippen LogP contribution in [0.25, 0.3) is 27.6 Å². The number of fused-ring (bicyclic) bond motifs is 6. The summed E-state index contributed by atoms with van der Waals surface area (Å²) in [6.45, 7) is 2.28. The van der Waals surface area contributed by atoms with Crippen molar-refractivity contribution in [2.75, 3.05) is 0 Å². The maximum atomic E-state index is 2.36. The minimum atomic E-state index is 0.693. The Morgan fingerprint density at radius 3 is 2.85 bits per heavy atom. The highest BCUT2D eigenvalue weighted by molar-refractivity contribution is 8.07. The summed E-state index contributed by atoms with van der Waals surface area (Å²) < 4.78 is 0. The molecule has 5 rings (SSSR count). The number of thioether (sulfide) groups is 1. The van der Waals surface area contributed by atoms with Crippen LogP contribution in [0.5, 0.6) is 0 Å². The Balaban J connectivity index is 2.00. The summed E-state index contributed by atoms with van der Waals surface area (Å²) >= 11 is 2.08. The lowest BCUT2D eigenvalue weighted by Gasteiger charge is -2.16. The molecule has 1 heteroatoms. The Morgan fingerprint density at radius 1 is 1.00 bits per heavy atom. The maximum Gasteiger partial charge on any atom is 0.0469 e. The SMILES string of the molecule is Cc1c2ccccc2cc2ccc3c(c12)[C@@H]1S[C@@H]1C=C3. The summed E-state index contributed by atoms with van der Waals surface area (Å²) in [6.07, 6.45) is 4.67. The van der Waals surface area contributed by atoms with Gasteiger partial charge in [-0.15, -0.1) is 11.8 Å². The number of benzene rings is 3. The van der Waals surface area contributed by atoms with Gasteiger partial charge in [-0.1, -0.05) is 48.6 Å². The lowest BCUT2D eigenvalue weighted by atomic mass is 9.87. The molecule has 1 saturated heterocycles. The smallest absolute Gasteiger partial charge is 0.0469 e. The normalized spacial score (nSPS) is 22.9. The number of aryl methyl sites for hydroxylation is 1. The van der Waals surface area contributed by atoms with Crippen LogP contribution in [0.3, 0.4) is 0 Å². The molecule has 3 aromatic rings. The molecule has 3 aromatic carbocycles. The molecule has 1 fully saturated rings. The molecular weight excluding hydrogens is 260 g/mol. The Hall–Kier alpha value is -1.73. The Labute approximate surface area is 122 Å². The fraction of sp³-hybridized carbons (Fsp3) is 0.158. The predicted octanol–water partition coefficient (Wildman–Crippen LogP) is 5.48. The van der Waals surface area contributed by atoms with E-state index in [1.54, 1.807) is 5.56 Å². The molecule has 96 valence electrons. The summed E-state index contributed by atoms with van der Waals surface area (Å²) in [6, 6.07) is 15.7. The molecule has 1 aliphatic carbocycles. The molecule has 0 N–H and O–H groups in total. The van der Waals surface area contributed by atoms with Crippen LogP contribution in [0.1, 0.15) is 21.9 Å². The monoisotopic (exact) mass is 274 g/mol. The van der Waals surface area contributed by atoms with E-state index in [9.17, 15) is 0 Å². The van der Waals surface area contributed by atoms with Gasteiger partial charge in [-0.05, 0) is 51.2 Å². The highest BCUT2D eigenvalue weighted by atomic mass is 32.2. The first-order valence-corrected chi connectivity index (χ1v) is 8.06. The summed E-state index contributed by atoms with van der Waals surface area (Å²) in [5.41, 5.74) is 4.43. The van der Waals surface area contributed by atoms with Gasteiger partial charge in [-0.3, -0.25) is 0 Å². The Bertz CT molecular complexity index is 904. The van der Waals surface area contributed by atoms with Crippen molar-refractivity contribution in [3.8, 4) is 0 Å². The van der Waals surface area contributed by atoms with E-state index >= 15 is 0 Å². The minimum Gasteiger partial charge on any atom is -0.143 e. The van der Waals surface area contributed by atoms with Gasteiger partial charge in [0.1, 0.15) is 0 Å². The van der Waals surface area contributed by atoms with Gasteiger partial charge in [-0.25, -0.2) is 0 Å². The van der Waals surface area contributed by atoms with Crippen molar-refractivity contribution >= 4 is 39.4 Å². The van der Waals surface area contributed by atoms with Gasteiger partial charge in [0, 0.05) is 10.5 Å². The molecule has 1 aliphatic heterocycles. The highest BCUT2D eigenvalue weighted by Gasteiger charge is 2.42. The third-order valence-electron chi connectivity index (χ3n) is 4.64. The first kappa shape index (κ1) is 11.0. The van der Waals surface area contributed by atoms with E-state index in [4.69, 9.17) is 0 Å². The molecular formula is C19H14S. The first-order valence-electron chi connectivity index (χ1n) is 7.11. The standard InChI is InChI=1S/C19H14S/c1-11-15-5-3-2-4-13(15)10-14-7-6-12-8-9-16-19(20-16)18(12)17(11)14/h2-10,16,19H,1H3/t16-,19-/m1/s1.